The molecule has 0 unspecified atom stereocenters. The molecule has 0 atom stereocenters. The molecule has 0 aliphatic rings. The Morgan fingerprint density at radius 3 is 2.63 bits per heavy atom. The quantitative estimate of drug-likeness (QED) is 0.585. The third-order valence-electron chi connectivity index (χ3n) is 3.81. The first kappa shape index (κ1) is 19.5. The van der Waals surface area contributed by atoms with Gasteiger partial charge < -0.3 is 4.90 Å². The van der Waals surface area contributed by atoms with Gasteiger partial charge in [0.1, 0.15) is 10.7 Å². The summed E-state index contributed by atoms with van der Waals surface area (Å²) in [6.07, 6.45) is -3.58. The first-order chi connectivity index (χ1) is 12.8. The normalized spacial score (nSPS) is 11.6. The Hall–Kier alpha value is -2.26. The number of carbonyl (C=O) groups is 1. The number of benzene rings is 1. The zero-order valence-electron chi connectivity index (χ0n) is 14.6. The molecule has 0 fully saturated rings. The Morgan fingerprint density at radius 2 is 1.96 bits per heavy atom. The van der Waals surface area contributed by atoms with Crippen LogP contribution in [-0.4, -0.2) is 27.8 Å². The maximum Gasteiger partial charge on any atom is 0.416 e. The number of alkyl halides is 3. The number of aromatic nitrogens is 2. The van der Waals surface area contributed by atoms with Gasteiger partial charge in [0.15, 0.2) is 0 Å². The second kappa shape index (κ2) is 7.77. The predicted molar refractivity (Wildman–Crippen MR) is 99.8 cm³/mol. The lowest BCUT2D eigenvalue weighted by atomic mass is 10.1. The number of nitrogens with zero attached hydrogens (tertiary/aromatic N) is 3. The van der Waals surface area contributed by atoms with Crippen molar-refractivity contribution in [3.63, 3.8) is 0 Å². The van der Waals surface area contributed by atoms with Crippen molar-refractivity contribution in [1.29, 1.82) is 0 Å². The average Bonchev–Trinajstić information content (AvgIpc) is 3.30. The summed E-state index contributed by atoms with van der Waals surface area (Å²) in [4.78, 5) is 22.7. The van der Waals surface area contributed by atoms with Gasteiger partial charge in [0.2, 0.25) is 0 Å². The van der Waals surface area contributed by atoms with Gasteiger partial charge in [-0.3, -0.25) is 4.79 Å². The molecule has 142 valence electrons. The lowest BCUT2D eigenvalue weighted by molar-refractivity contribution is -0.137. The van der Waals surface area contributed by atoms with Gasteiger partial charge in [0, 0.05) is 23.4 Å². The standard InChI is InChI=1S/C18H16F3N3OS2/c1-3-15-22-13(9-26-15)8-24(2)17(25)14-10-27-16(23-14)11-5-4-6-12(7-11)18(19,20)21/h4-7,9-10H,3,8H2,1-2H3. The van der Waals surface area contributed by atoms with E-state index in [2.05, 4.69) is 9.97 Å². The fourth-order valence-corrected chi connectivity index (χ4v) is 3.95. The molecule has 9 heteroatoms. The minimum atomic E-state index is -4.42. The van der Waals surface area contributed by atoms with E-state index in [1.165, 1.54) is 11.0 Å². The second-order valence-corrected chi connectivity index (χ2v) is 7.66. The zero-order chi connectivity index (χ0) is 19.6. The maximum atomic E-state index is 12.9. The van der Waals surface area contributed by atoms with Gasteiger partial charge >= 0.3 is 6.18 Å². The number of carbonyl (C=O) groups excluding carboxylic acids is 1. The monoisotopic (exact) mass is 411 g/mol. The third-order valence-corrected chi connectivity index (χ3v) is 5.74. The summed E-state index contributed by atoms with van der Waals surface area (Å²) in [6, 6.07) is 4.93. The largest absolute Gasteiger partial charge is 0.416 e. The topological polar surface area (TPSA) is 46.1 Å². The first-order valence-corrected chi connectivity index (χ1v) is 9.85. The highest BCUT2D eigenvalue weighted by molar-refractivity contribution is 7.13. The molecule has 1 aromatic carbocycles. The van der Waals surface area contributed by atoms with Gasteiger partial charge in [0.25, 0.3) is 5.91 Å². The third kappa shape index (κ3) is 4.54. The molecule has 27 heavy (non-hydrogen) atoms. The number of thiazole rings is 2. The van der Waals surface area contributed by atoms with Crippen LogP contribution in [0.4, 0.5) is 13.2 Å². The summed E-state index contributed by atoms with van der Waals surface area (Å²) in [5.74, 6) is -0.296. The summed E-state index contributed by atoms with van der Waals surface area (Å²) in [7, 11) is 1.65. The molecule has 1 amide bonds. The van der Waals surface area contributed by atoms with Gasteiger partial charge in [-0.2, -0.15) is 13.2 Å². The molecule has 0 saturated heterocycles. The van der Waals surface area contributed by atoms with Gasteiger partial charge in [0.05, 0.1) is 22.8 Å². The van der Waals surface area contributed by atoms with Crippen LogP contribution < -0.4 is 0 Å². The lowest BCUT2D eigenvalue weighted by Crippen LogP contribution is -2.26. The van der Waals surface area contributed by atoms with Crippen LogP contribution >= 0.6 is 22.7 Å². The van der Waals surface area contributed by atoms with Gasteiger partial charge in [-0.05, 0) is 18.6 Å². The Balaban J connectivity index is 1.75. The second-order valence-electron chi connectivity index (χ2n) is 5.86. The Bertz CT molecular complexity index is 949. The van der Waals surface area contributed by atoms with Crippen LogP contribution in [0.3, 0.4) is 0 Å². The molecular formula is C18H16F3N3OS2. The highest BCUT2D eigenvalue weighted by atomic mass is 32.1. The van der Waals surface area contributed by atoms with Crippen molar-refractivity contribution in [2.75, 3.05) is 7.05 Å². The smallest absolute Gasteiger partial charge is 0.334 e. The highest BCUT2D eigenvalue weighted by Gasteiger charge is 2.30. The van der Waals surface area contributed by atoms with Crippen molar-refractivity contribution >= 4 is 28.6 Å². The molecule has 3 aromatic rings. The molecule has 0 spiro atoms. The van der Waals surface area contributed by atoms with Crippen LogP contribution in [0, 0.1) is 0 Å². The average molecular weight is 411 g/mol. The molecule has 2 heterocycles. The lowest BCUT2D eigenvalue weighted by Gasteiger charge is -2.14. The van der Waals surface area contributed by atoms with E-state index in [1.54, 1.807) is 29.8 Å². The van der Waals surface area contributed by atoms with Crippen molar-refractivity contribution in [2.45, 2.75) is 26.1 Å². The first-order valence-electron chi connectivity index (χ1n) is 8.10. The highest BCUT2D eigenvalue weighted by Crippen LogP contribution is 2.33. The fourth-order valence-electron chi connectivity index (χ4n) is 2.43. The SMILES string of the molecule is CCc1nc(CN(C)C(=O)c2csc(-c3cccc(C(F)(F)F)c3)n2)cs1. The summed E-state index contributed by atoms with van der Waals surface area (Å²) < 4.78 is 38.6. The molecular weight excluding hydrogens is 395 g/mol. The van der Waals surface area contributed by atoms with Crippen molar-refractivity contribution in [2.24, 2.45) is 0 Å². The van der Waals surface area contributed by atoms with E-state index in [1.807, 2.05) is 12.3 Å². The number of rotatable bonds is 5. The molecule has 0 saturated carbocycles. The summed E-state index contributed by atoms with van der Waals surface area (Å²) >= 11 is 2.69. The molecule has 0 radical (unpaired) electrons. The van der Waals surface area contributed by atoms with E-state index in [0.29, 0.717) is 17.1 Å². The number of hydrogen-bond donors (Lipinski definition) is 0. The molecule has 4 nitrogen and oxygen atoms in total. The number of hydrogen-bond acceptors (Lipinski definition) is 5. The van der Waals surface area contributed by atoms with Crippen LogP contribution in [0.1, 0.15) is 33.7 Å². The van der Waals surface area contributed by atoms with Gasteiger partial charge in [-0.25, -0.2) is 9.97 Å². The minimum Gasteiger partial charge on any atom is -0.334 e. The van der Waals surface area contributed by atoms with Crippen LogP contribution in [-0.2, 0) is 19.1 Å². The Kier molecular flexibility index (Phi) is 5.61. The summed E-state index contributed by atoms with van der Waals surface area (Å²) in [5.41, 5.74) is 0.612. The van der Waals surface area contributed by atoms with Crippen LogP contribution in [0.5, 0.6) is 0 Å². The van der Waals surface area contributed by atoms with E-state index in [0.717, 1.165) is 40.6 Å². The van der Waals surface area contributed by atoms with E-state index in [-0.39, 0.29) is 11.6 Å². The molecule has 0 N–H and O–H groups in total. The Labute approximate surface area is 162 Å². The van der Waals surface area contributed by atoms with Gasteiger partial charge in [-0.1, -0.05) is 19.1 Å². The zero-order valence-corrected chi connectivity index (χ0v) is 16.2. The van der Waals surface area contributed by atoms with E-state index < -0.39 is 11.7 Å². The molecule has 3 rings (SSSR count). The number of halogens is 3. The van der Waals surface area contributed by atoms with Crippen molar-refractivity contribution in [3.8, 4) is 10.6 Å². The van der Waals surface area contributed by atoms with Crippen LogP contribution in [0.2, 0.25) is 0 Å². The van der Waals surface area contributed by atoms with Crippen molar-refractivity contribution in [3.05, 3.63) is 57.0 Å². The predicted octanol–water partition coefficient (Wildman–Crippen LogP) is 5.12. The van der Waals surface area contributed by atoms with Crippen LogP contribution in [0.15, 0.2) is 35.0 Å². The van der Waals surface area contributed by atoms with Crippen LogP contribution in [0.25, 0.3) is 10.6 Å². The fraction of sp³-hybridized carbons (Fsp3) is 0.278. The molecule has 2 aromatic heterocycles. The number of amides is 1. The van der Waals surface area contributed by atoms with Crippen molar-refractivity contribution in [1.82, 2.24) is 14.9 Å². The van der Waals surface area contributed by atoms with E-state index in [4.69, 9.17) is 0 Å². The molecule has 0 aliphatic carbocycles. The number of aryl methyl sites for hydroxylation is 1. The molecule has 0 aliphatic heterocycles. The van der Waals surface area contributed by atoms with Gasteiger partial charge in [-0.15, -0.1) is 22.7 Å². The summed E-state index contributed by atoms with van der Waals surface area (Å²) in [6.45, 7) is 2.37. The van der Waals surface area contributed by atoms with E-state index in [9.17, 15) is 18.0 Å². The van der Waals surface area contributed by atoms with E-state index >= 15 is 0 Å². The maximum absolute atomic E-state index is 12.9. The summed E-state index contributed by atoms with van der Waals surface area (Å²) in [5, 5.41) is 4.86. The minimum absolute atomic E-state index is 0.209. The Morgan fingerprint density at radius 1 is 1.19 bits per heavy atom. The van der Waals surface area contributed by atoms with Crippen molar-refractivity contribution < 1.29 is 18.0 Å². The molecule has 0 bridgehead atoms.